The van der Waals surface area contributed by atoms with Crippen LogP contribution < -0.4 is 5.32 Å². The molecule has 19 heavy (non-hydrogen) atoms. The highest BCUT2D eigenvalue weighted by atomic mass is 15.2. The second kappa shape index (κ2) is 5.34. The van der Waals surface area contributed by atoms with E-state index in [1.807, 2.05) is 0 Å². The smallest absolute Gasteiger partial charge is 0.0122 e. The Kier molecular flexibility index (Phi) is 3.55. The first-order valence-electron chi connectivity index (χ1n) is 8.60. The van der Waals surface area contributed by atoms with Gasteiger partial charge in [0.15, 0.2) is 0 Å². The highest BCUT2D eigenvalue weighted by Gasteiger charge is 2.36. The number of likely N-dealkylation sites (tertiary alicyclic amines) is 1. The van der Waals surface area contributed by atoms with Gasteiger partial charge in [-0.3, -0.25) is 4.90 Å². The van der Waals surface area contributed by atoms with Gasteiger partial charge in [0, 0.05) is 24.7 Å². The lowest BCUT2D eigenvalue weighted by Gasteiger charge is -2.39. The van der Waals surface area contributed by atoms with Gasteiger partial charge in [-0.1, -0.05) is 0 Å². The third kappa shape index (κ3) is 2.84. The molecule has 3 aliphatic heterocycles. The largest absolute Gasteiger partial charge is 0.314 e. The fourth-order valence-electron chi connectivity index (χ4n) is 4.52. The van der Waals surface area contributed by atoms with E-state index in [0.29, 0.717) is 0 Å². The zero-order chi connectivity index (χ0) is 12.7. The zero-order valence-corrected chi connectivity index (χ0v) is 12.2. The SMILES string of the molecule is C1CC2CC(N3CCC(CNC4CC4)C3)CCN2C1. The Balaban J connectivity index is 1.26. The Hall–Kier alpha value is -0.120. The molecule has 0 aromatic carbocycles. The topological polar surface area (TPSA) is 18.5 Å². The molecule has 0 spiro atoms. The molecule has 1 N–H and O–H groups in total. The fraction of sp³-hybridized carbons (Fsp3) is 1.00. The van der Waals surface area contributed by atoms with Gasteiger partial charge in [0.05, 0.1) is 0 Å². The van der Waals surface area contributed by atoms with Crippen LogP contribution in [0.25, 0.3) is 0 Å². The Morgan fingerprint density at radius 2 is 1.68 bits per heavy atom. The van der Waals surface area contributed by atoms with E-state index in [1.165, 1.54) is 77.7 Å². The van der Waals surface area contributed by atoms with E-state index in [-0.39, 0.29) is 0 Å². The van der Waals surface area contributed by atoms with E-state index in [0.717, 1.165) is 24.0 Å². The van der Waals surface area contributed by atoms with E-state index in [4.69, 9.17) is 0 Å². The van der Waals surface area contributed by atoms with Crippen LogP contribution in [0.5, 0.6) is 0 Å². The van der Waals surface area contributed by atoms with Crippen LogP contribution in [0.2, 0.25) is 0 Å². The lowest BCUT2D eigenvalue weighted by Crippen LogP contribution is -2.47. The van der Waals surface area contributed by atoms with Crippen molar-refractivity contribution in [1.29, 1.82) is 0 Å². The summed E-state index contributed by atoms with van der Waals surface area (Å²) >= 11 is 0. The van der Waals surface area contributed by atoms with Crippen molar-refractivity contribution in [1.82, 2.24) is 15.1 Å². The minimum absolute atomic E-state index is 0.885. The molecule has 3 atom stereocenters. The Bertz CT molecular complexity index is 315. The molecule has 0 aromatic rings. The molecule has 0 amide bonds. The van der Waals surface area contributed by atoms with Gasteiger partial charge in [-0.2, -0.15) is 0 Å². The molecule has 4 rings (SSSR count). The number of rotatable bonds is 4. The van der Waals surface area contributed by atoms with Gasteiger partial charge in [-0.15, -0.1) is 0 Å². The van der Waals surface area contributed by atoms with Crippen LogP contribution in [-0.4, -0.2) is 60.6 Å². The normalized spacial score (nSPS) is 40.7. The van der Waals surface area contributed by atoms with Crippen molar-refractivity contribution >= 4 is 0 Å². The van der Waals surface area contributed by atoms with Crippen LogP contribution in [0.1, 0.15) is 44.9 Å². The fourth-order valence-corrected chi connectivity index (χ4v) is 4.52. The molecule has 0 bridgehead atoms. The number of nitrogens with one attached hydrogen (secondary N) is 1. The van der Waals surface area contributed by atoms with Gasteiger partial charge in [0.1, 0.15) is 0 Å². The van der Waals surface area contributed by atoms with Gasteiger partial charge in [-0.25, -0.2) is 0 Å². The van der Waals surface area contributed by atoms with Gasteiger partial charge >= 0.3 is 0 Å². The van der Waals surface area contributed by atoms with Crippen LogP contribution in [-0.2, 0) is 0 Å². The summed E-state index contributed by atoms with van der Waals surface area (Å²) in [4.78, 5) is 5.58. The first-order chi connectivity index (χ1) is 9.38. The Labute approximate surface area is 117 Å². The molecular weight excluding hydrogens is 234 g/mol. The average Bonchev–Trinajstić information content (AvgIpc) is 2.96. The van der Waals surface area contributed by atoms with E-state index in [2.05, 4.69) is 15.1 Å². The maximum atomic E-state index is 3.72. The number of hydrogen-bond donors (Lipinski definition) is 1. The molecule has 3 nitrogen and oxygen atoms in total. The third-order valence-corrected chi connectivity index (χ3v) is 5.90. The van der Waals surface area contributed by atoms with Crippen molar-refractivity contribution < 1.29 is 0 Å². The van der Waals surface area contributed by atoms with Gasteiger partial charge in [0.2, 0.25) is 0 Å². The molecule has 1 saturated carbocycles. The lowest BCUT2D eigenvalue weighted by atomic mass is 9.96. The maximum Gasteiger partial charge on any atom is 0.0122 e. The van der Waals surface area contributed by atoms with Gasteiger partial charge in [-0.05, 0) is 77.0 Å². The van der Waals surface area contributed by atoms with Crippen molar-refractivity contribution in [2.45, 2.75) is 63.1 Å². The summed E-state index contributed by atoms with van der Waals surface area (Å²) in [5.41, 5.74) is 0. The quantitative estimate of drug-likeness (QED) is 0.833. The van der Waals surface area contributed by atoms with Crippen molar-refractivity contribution in [2.24, 2.45) is 5.92 Å². The second-order valence-corrected chi connectivity index (χ2v) is 7.34. The first-order valence-corrected chi connectivity index (χ1v) is 8.60. The first kappa shape index (κ1) is 12.6. The van der Waals surface area contributed by atoms with Crippen LogP contribution in [0.15, 0.2) is 0 Å². The minimum Gasteiger partial charge on any atom is -0.314 e. The van der Waals surface area contributed by atoms with Crippen molar-refractivity contribution in [3.8, 4) is 0 Å². The van der Waals surface area contributed by atoms with Crippen molar-refractivity contribution in [3.63, 3.8) is 0 Å². The third-order valence-electron chi connectivity index (χ3n) is 5.90. The molecule has 4 fully saturated rings. The molecule has 0 aromatic heterocycles. The zero-order valence-electron chi connectivity index (χ0n) is 12.2. The summed E-state index contributed by atoms with van der Waals surface area (Å²) in [6, 6.07) is 2.73. The molecule has 1 aliphatic carbocycles. The summed E-state index contributed by atoms with van der Waals surface area (Å²) < 4.78 is 0. The predicted molar refractivity (Wildman–Crippen MR) is 78.3 cm³/mol. The average molecular weight is 263 g/mol. The van der Waals surface area contributed by atoms with Gasteiger partial charge in [0.25, 0.3) is 0 Å². The molecule has 108 valence electrons. The molecular formula is C16H29N3. The van der Waals surface area contributed by atoms with Crippen LogP contribution >= 0.6 is 0 Å². The molecule has 4 aliphatic rings. The maximum absolute atomic E-state index is 3.72. The van der Waals surface area contributed by atoms with Gasteiger partial charge < -0.3 is 10.2 Å². The summed E-state index contributed by atoms with van der Waals surface area (Å²) in [5, 5.41) is 3.72. The second-order valence-electron chi connectivity index (χ2n) is 7.34. The van der Waals surface area contributed by atoms with Crippen molar-refractivity contribution in [2.75, 3.05) is 32.7 Å². The number of nitrogens with zero attached hydrogens (tertiary/aromatic N) is 2. The van der Waals surface area contributed by atoms with E-state index in [9.17, 15) is 0 Å². The van der Waals surface area contributed by atoms with Crippen LogP contribution in [0.3, 0.4) is 0 Å². The molecule has 0 radical (unpaired) electrons. The highest BCUT2D eigenvalue weighted by Crippen LogP contribution is 2.32. The predicted octanol–water partition coefficient (Wildman–Crippen LogP) is 1.69. The Morgan fingerprint density at radius 1 is 0.842 bits per heavy atom. The van der Waals surface area contributed by atoms with E-state index >= 15 is 0 Å². The Morgan fingerprint density at radius 3 is 2.58 bits per heavy atom. The number of hydrogen-bond acceptors (Lipinski definition) is 3. The van der Waals surface area contributed by atoms with Crippen molar-refractivity contribution in [3.05, 3.63) is 0 Å². The monoisotopic (exact) mass is 263 g/mol. The van der Waals surface area contributed by atoms with Crippen LogP contribution in [0.4, 0.5) is 0 Å². The molecule has 3 heterocycles. The highest BCUT2D eigenvalue weighted by molar-refractivity contribution is 4.93. The van der Waals surface area contributed by atoms with E-state index < -0.39 is 0 Å². The summed E-state index contributed by atoms with van der Waals surface area (Å²) in [5.74, 6) is 0.933. The standard InChI is InChI=1S/C16H29N3/c1-2-15-10-16(6-9-18(15)7-1)19-8-5-13(12-19)11-17-14-3-4-14/h13-17H,1-12H2. The number of piperidine rings is 1. The number of fused-ring (bicyclic) bond motifs is 1. The lowest BCUT2D eigenvalue weighted by molar-refractivity contribution is 0.101. The molecule has 3 heteroatoms. The summed E-state index contributed by atoms with van der Waals surface area (Å²) in [7, 11) is 0. The van der Waals surface area contributed by atoms with Crippen LogP contribution in [0, 0.1) is 5.92 Å². The minimum atomic E-state index is 0.885. The summed E-state index contributed by atoms with van der Waals surface area (Å²) in [6.45, 7) is 6.77. The summed E-state index contributed by atoms with van der Waals surface area (Å²) in [6.07, 6.45) is 10.1. The molecule has 3 saturated heterocycles. The van der Waals surface area contributed by atoms with E-state index in [1.54, 1.807) is 0 Å². The molecule has 3 unspecified atom stereocenters.